The second-order valence-corrected chi connectivity index (χ2v) is 5.72. The molecule has 0 spiro atoms. The van der Waals surface area contributed by atoms with Crippen molar-refractivity contribution in [1.82, 2.24) is 20.4 Å². The molecule has 3 N–H and O–H groups in total. The van der Waals surface area contributed by atoms with Gasteiger partial charge in [0.25, 0.3) is 5.91 Å². The first-order chi connectivity index (χ1) is 10.2. The summed E-state index contributed by atoms with van der Waals surface area (Å²) in [7, 11) is 0. The van der Waals surface area contributed by atoms with Crippen molar-refractivity contribution in [3.63, 3.8) is 0 Å². The zero-order valence-corrected chi connectivity index (χ0v) is 12.2. The van der Waals surface area contributed by atoms with Crippen molar-refractivity contribution in [1.29, 1.82) is 0 Å². The van der Waals surface area contributed by atoms with Gasteiger partial charge in [-0.3, -0.25) is 4.79 Å². The van der Waals surface area contributed by atoms with Crippen LogP contribution in [0.4, 0.5) is 10.9 Å². The van der Waals surface area contributed by atoms with Crippen LogP contribution in [-0.4, -0.2) is 40.7 Å². The summed E-state index contributed by atoms with van der Waals surface area (Å²) in [5, 5.41) is 7.12. The number of hydrogen-bond acceptors (Lipinski definition) is 8. The van der Waals surface area contributed by atoms with Gasteiger partial charge in [0.15, 0.2) is 11.5 Å². The summed E-state index contributed by atoms with van der Waals surface area (Å²) in [6.07, 6.45) is 4.14. The highest BCUT2D eigenvalue weighted by atomic mass is 32.1. The number of nitrogens with one attached hydrogen (secondary N) is 1. The molecule has 8 nitrogen and oxygen atoms in total. The summed E-state index contributed by atoms with van der Waals surface area (Å²) in [6, 6.07) is 0. The van der Waals surface area contributed by atoms with Gasteiger partial charge in [-0.25, -0.2) is 4.98 Å². The molecule has 3 rings (SSSR count). The van der Waals surface area contributed by atoms with Crippen LogP contribution in [0.25, 0.3) is 0 Å². The molecule has 0 radical (unpaired) electrons. The molecule has 2 aromatic heterocycles. The number of nitrogen functional groups attached to an aromatic ring is 1. The molecule has 0 aromatic carbocycles. The summed E-state index contributed by atoms with van der Waals surface area (Å²) in [5.41, 5.74) is 5.85. The third-order valence-electron chi connectivity index (χ3n) is 3.26. The molecule has 9 heteroatoms. The first kappa shape index (κ1) is 13.8. The van der Waals surface area contributed by atoms with E-state index < -0.39 is 0 Å². The number of carbonyl (C=O) groups is 1. The van der Waals surface area contributed by atoms with Crippen molar-refractivity contribution in [2.45, 2.75) is 19.3 Å². The summed E-state index contributed by atoms with van der Waals surface area (Å²) >= 11 is 1.34. The van der Waals surface area contributed by atoms with Gasteiger partial charge in [0.1, 0.15) is 10.7 Å². The van der Waals surface area contributed by atoms with Gasteiger partial charge in [0, 0.05) is 26.1 Å². The molecule has 0 unspecified atom stereocenters. The number of carbonyl (C=O) groups excluding carboxylic acids is 1. The molecule has 0 saturated carbocycles. The highest BCUT2D eigenvalue weighted by Crippen LogP contribution is 2.30. The fourth-order valence-corrected chi connectivity index (χ4v) is 3.15. The molecular formula is C12H16N6O2S. The lowest BCUT2D eigenvalue weighted by atomic mass is 10.4. The predicted molar refractivity (Wildman–Crippen MR) is 78.3 cm³/mol. The van der Waals surface area contributed by atoms with Gasteiger partial charge in [-0.1, -0.05) is 16.5 Å². The molecule has 2 aromatic rings. The maximum absolute atomic E-state index is 12.1. The Hall–Kier alpha value is -2.16. The van der Waals surface area contributed by atoms with Crippen LogP contribution >= 0.6 is 11.3 Å². The quantitative estimate of drug-likeness (QED) is 0.835. The second kappa shape index (κ2) is 6.08. The van der Waals surface area contributed by atoms with Gasteiger partial charge in [-0.2, -0.15) is 4.98 Å². The molecule has 1 saturated heterocycles. The number of thiazole rings is 1. The number of rotatable bonds is 5. The number of nitrogens with zero attached hydrogens (tertiary/aromatic N) is 4. The molecule has 112 valence electrons. The molecule has 0 bridgehead atoms. The lowest BCUT2D eigenvalue weighted by Crippen LogP contribution is -2.25. The van der Waals surface area contributed by atoms with Crippen molar-refractivity contribution in [3.05, 3.63) is 17.1 Å². The van der Waals surface area contributed by atoms with E-state index in [1.807, 2.05) is 0 Å². The number of amides is 1. The van der Waals surface area contributed by atoms with Crippen LogP contribution in [0.5, 0.6) is 0 Å². The van der Waals surface area contributed by atoms with Crippen molar-refractivity contribution in [2.75, 3.05) is 30.3 Å². The Labute approximate surface area is 125 Å². The first-order valence-electron chi connectivity index (χ1n) is 6.79. The minimum atomic E-state index is -0.213. The van der Waals surface area contributed by atoms with E-state index in [9.17, 15) is 4.79 Å². The lowest BCUT2D eigenvalue weighted by Gasteiger charge is -2.11. The molecule has 0 atom stereocenters. The van der Waals surface area contributed by atoms with Crippen molar-refractivity contribution in [3.8, 4) is 0 Å². The largest absolute Gasteiger partial charge is 0.382 e. The van der Waals surface area contributed by atoms with E-state index in [1.165, 1.54) is 17.7 Å². The van der Waals surface area contributed by atoms with Crippen LogP contribution in [0.15, 0.2) is 10.9 Å². The standard InChI is InChI=1S/C12H16N6O2S/c13-10-9(21-12(17-10)18-5-1-2-6-18)11(19)14-4-3-8-15-7-16-20-8/h7H,1-6,13H2,(H,14,19). The van der Waals surface area contributed by atoms with E-state index in [2.05, 4.69) is 25.3 Å². The van der Waals surface area contributed by atoms with Crippen molar-refractivity contribution < 1.29 is 9.32 Å². The fourth-order valence-electron chi connectivity index (χ4n) is 2.20. The average molecular weight is 308 g/mol. The average Bonchev–Trinajstić information content (AvgIpc) is 3.19. The van der Waals surface area contributed by atoms with Crippen LogP contribution in [0.3, 0.4) is 0 Å². The zero-order chi connectivity index (χ0) is 14.7. The Kier molecular flexibility index (Phi) is 4.00. The van der Waals surface area contributed by atoms with Crippen molar-refractivity contribution in [2.24, 2.45) is 0 Å². The van der Waals surface area contributed by atoms with Gasteiger partial charge < -0.3 is 20.5 Å². The minimum absolute atomic E-state index is 0.213. The van der Waals surface area contributed by atoms with Crippen LogP contribution < -0.4 is 16.0 Å². The number of nitrogens with two attached hydrogens (primary N) is 1. The monoisotopic (exact) mass is 308 g/mol. The van der Waals surface area contributed by atoms with E-state index in [-0.39, 0.29) is 11.7 Å². The molecule has 21 heavy (non-hydrogen) atoms. The molecular weight excluding hydrogens is 292 g/mol. The maximum Gasteiger partial charge on any atom is 0.265 e. The van der Waals surface area contributed by atoms with E-state index in [4.69, 9.17) is 10.3 Å². The second-order valence-electron chi connectivity index (χ2n) is 4.75. The summed E-state index contributed by atoms with van der Waals surface area (Å²) in [4.78, 5) is 22.9. The minimum Gasteiger partial charge on any atom is -0.382 e. The highest BCUT2D eigenvalue weighted by molar-refractivity contribution is 7.18. The highest BCUT2D eigenvalue weighted by Gasteiger charge is 2.21. The van der Waals surface area contributed by atoms with Gasteiger partial charge in [0.05, 0.1) is 0 Å². The molecule has 1 fully saturated rings. The normalized spacial score (nSPS) is 14.6. The Morgan fingerprint density at radius 1 is 1.48 bits per heavy atom. The maximum atomic E-state index is 12.1. The Bertz CT molecular complexity index is 605. The molecule has 0 aliphatic carbocycles. The molecule has 3 heterocycles. The number of anilines is 2. The van der Waals surface area contributed by atoms with Gasteiger partial charge in [0.2, 0.25) is 5.89 Å². The lowest BCUT2D eigenvalue weighted by molar-refractivity contribution is 0.0958. The molecule has 1 aliphatic heterocycles. The smallest absolute Gasteiger partial charge is 0.265 e. The molecule has 1 aliphatic rings. The Morgan fingerprint density at radius 2 is 2.29 bits per heavy atom. The first-order valence-corrected chi connectivity index (χ1v) is 7.60. The van der Waals surface area contributed by atoms with E-state index in [0.29, 0.717) is 23.7 Å². The Morgan fingerprint density at radius 3 is 3.00 bits per heavy atom. The van der Waals surface area contributed by atoms with Gasteiger partial charge in [-0.05, 0) is 12.8 Å². The fraction of sp³-hybridized carbons (Fsp3) is 0.500. The van der Waals surface area contributed by atoms with Gasteiger partial charge in [-0.15, -0.1) is 0 Å². The third kappa shape index (κ3) is 3.13. The van der Waals surface area contributed by atoms with E-state index in [1.54, 1.807) is 0 Å². The van der Waals surface area contributed by atoms with Crippen LogP contribution in [0.1, 0.15) is 28.4 Å². The summed E-state index contributed by atoms with van der Waals surface area (Å²) < 4.78 is 4.86. The predicted octanol–water partition coefficient (Wildman–Crippen LogP) is 0.681. The number of hydrogen-bond donors (Lipinski definition) is 2. The topological polar surface area (TPSA) is 110 Å². The number of aromatic nitrogens is 3. The van der Waals surface area contributed by atoms with Crippen LogP contribution in [0.2, 0.25) is 0 Å². The van der Waals surface area contributed by atoms with Crippen molar-refractivity contribution >= 4 is 28.2 Å². The SMILES string of the molecule is Nc1nc(N2CCCC2)sc1C(=O)NCCc1ncno1. The Balaban J connectivity index is 1.58. The van der Waals surface area contributed by atoms with Crippen LogP contribution in [-0.2, 0) is 6.42 Å². The third-order valence-corrected chi connectivity index (χ3v) is 4.39. The van der Waals surface area contributed by atoms with Crippen LogP contribution in [0, 0.1) is 0 Å². The summed E-state index contributed by atoms with van der Waals surface area (Å²) in [5.74, 6) is 0.567. The van der Waals surface area contributed by atoms with Gasteiger partial charge >= 0.3 is 0 Å². The summed E-state index contributed by atoms with van der Waals surface area (Å²) in [6.45, 7) is 2.37. The van der Waals surface area contributed by atoms with E-state index >= 15 is 0 Å². The zero-order valence-electron chi connectivity index (χ0n) is 11.4. The van der Waals surface area contributed by atoms with E-state index in [0.717, 1.165) is 31.1 Å². The molecule has 1 amide bonds.